The molecule has 0 N–H and O–H groups in total. The van der Waals surface area contributed by atoms with E-state index in [1.54, 1.807) is 0 Å². The Labute approximate surface area is 342 Å². The Hall–Kier alpha value is -2.66. The molecule has 0 aromatic heterocycles. The maximum atomic E-state index is 5.25. The van der Waals surface area contributed by atoms with E-state index in [0.29, 0.717) is 0 Å². The summed E-state index contributed by atoms with van der Waals surface area (Å²) in [5, 5.41) is 0. The number of hydrogen-bond acceptors (Lipinski definition) is 2. The van der Waals surface area contributed by atoms with Gasteiger partial charge in [0.15, 0.2) is 0 Å². The average molecular weight is 751 g/mol. The van der Waals surface area contributed by atoms with E-state index in [0.717, 1.165) is 42.1 Å². The molecule has 0 bridgehead atoms. The van der Waals surface area contributed by atoms with Crippen molar-refractivity contribution < 1.29 is 0 Å². The molecule has 0 saturated heterocycles. The second-order valence-electron chi connectivity index (χ2n) is 16.5. The van der Waals surface area contributed by atoms with Crippen molar-refractivity contribution in [2.45, 2.75) is 241 Å². The van der Waals surface area contributed by atoms with E-state index >= 15 is 0 Å². The number of aliphatic imine (C=N–C) groups is 2. The van der Waals surface area contributed by atoms with Crippen LogP contribution in [0.5, 0.6) is 0 Å². The van der Waals surface area contributed by atoms with Crippen molar-refractivity contribution in [3.05, 3.63) is 58.7 Å². The van der Waals surface area contributed by atoms with Crippen molar-refractivity contribution in [3.8, 4) is 11.8 Å². The monoisotopic (exact) mass is 751 g/mol. The zero-order chi connectivity index (χ0) is 39.6. The van der Waals surface area contributed by atoms with Gasteiger partial charge < -0.3 is 0 Å². The Bertz CT molecular complexity index is 1370. The lowest BCUT2D eigenvalue weighted by Crippen LogP contribution is -2.08. The maximum absolute atomic E-state index is 5.25. The predicted octanol–water partition coefficient (Wildman–Crippen LogP) is 17.4. The summed E-state index contributed by atoms with van der Waals surface area (Å²) in [6, 6.07) is 13.9. The van der Waals surface area contributed by atoms with Crippen molar-refractivity contribution in [1.29, 1.82) is 0 Å². The van der Waals surface area contributed by atoms with Crippen LogP contribution in [-0.2, 0) is 25.7 Å². The molecule has 308 valence electrons. The highest BCUT2D eigenvalue weighted by molar-refractivity contribution is 6.48. The third-order valence-corrected chi connectivity index (χ3v) is 11.3. The lowest BCUT2D eigenvalue weighted by molar-refractivity contribution is 0.536. The summed E-state index contributed by atoms with van der Waals surface area (Å²) in [4.78, 5) is 10.5. The van der Waals surface area contributed by atoms with Crippen LogP contribution in [0.3, 0.4) is 0 Å². The Morgan fingerprint density at radius 2 is 0.745 bits per heavy atom. The third kappa shape index (κ3) is 23.2. The first kappa shape index (κ1) is 48.5. The molecular formula is C53H86N2. The number of unbranched alkanes of at least 4 members (excludes halogenated alkanes) is 22. The van der Waals surface area contributed by atoms with Crippen LogP contribution in [0, 0.1) is 11.8 Å². The summed E-state index contributed by atoms with van der Waals surface area (Å²) in [6.07, 6.45) is 40.1. The highest BCUT2D eigenvalue weighted by atomic mass is 14.8. The van der Waals surface area contributed by atoms with Crippen LogP contribution in [0.1, 0.15) is 237 Å². The van der Waals surface area contributed by atoms with E-state index in [-0.39, 0.29) is 0 Å². The lowest BCUT2D eigenvalue weighted by Gasteiger charge is -2.12. The molecule has 2 aromatic rings. The summed E-state index contributed by atoms with van der Waals surface area (Å²) < 4.78 is 0. The SMILES string of the molecule is CCCCCCCCCCCCCCCCC#CC(=Nc1ccc(CCCCC)c(CCCCC)c1)C(C)=Nc1ccc(CCCCC)c(CCCCC)c1. The molecule has 0 radical (unpaired) electrons. The van der Waals surface area contributed by atoms with Crippen molar-refractivity contribution >= 4 is 22.8 Å². The largest absolute Gasteiger partial charge is 0.251 e. The summed E-state index contributed by atoms with van der Waals surface area (Å²) in [6.45, 7) is 13.6. The first-order valence-corrected chi connectivity index (χ1v) is 23.9. The molecule has 0 fully saturated rings. The van der Waals surface area contributed by atoms with E-state index in [1.807, 2.05) is 0 Å². The summed E-state index contributed by atoms with van der Waals surface area (Å²) in [7, 11) is 0. The van der Waals surface area contributed by atoms with Crippen LogP contribution in [0.25, 0.3) is 0 Å². The second kappa shape index (κ2) is 33.5. The van der Waals surface area contributed by atoms with Gasteiger partial charge in [0.25, 0.3) is 0 Å². The zero-order valence-corrected chi connectivity index (χ0v) is 37.3. The third-order valence-electron chi connectivity index (χ3n) is 11.3. The summed E-state index contributed by atoms with van der Waals surface area (Å²) in [5.41, 5.74) is 9.78. The van der Waals surface area contributed by atoms with Crippen LogP contribution in [-0.4, -0.2) is 11.4 Å². The van der Waals surface area contributed by atoms with Gasteiger partial charge in [0.05, 0.1) is 17.1 Å². The standard InChI is InChI=1S/C53H86N2/c1-7-12-17-18-19-20-21-22-23-24-25-26-27-28-29-34-39-53(55-52-43-41-48(36-31-14-9-3)50(45-52)38-33-16-11-5)46(6)54-51-42-40-47(35-30-13-8-2)49(44-51)37-32-15-10-4/h40-45H,7-33,35-38H2,1-6H3. The van der Waals surface area contributed by atoms with Gasteiger partial charge in [-0.1, -0.05) is 188 Å². The molecule has 0 atom stereocenters. The molecule has 2 rings (SSSR count). The molecule has 0 heterocycles. The minimum Gasteiger partial charge on any atom is -0.251 e. The fraction of sp³-hybridized carbons (Fsp3) is 0.698. The molecule has 0 amide bonds. The molecule has 0 saturated carbocycles. The van der Waals surface area contributed by atoms with E-state index in [2.05, 4.69) is 89.8 Å². The van der Waals surface area contributed by atoms with Gasteiger partial charge in [-0.05, 0) is 117 Å². The van der Waals surface area contributed by atoms with Crippen LogP contribution in [0.2, 0.25) is 0 Å². The minimum atomic E-state index is 0.822. The Kier molecular flexibility index (Phi) is 29.5. The predicted molar refractivity (Wildman–Crippen MR) is 248 cm³/mol. The van der Waals surface area contributed by atoms with E-state index < -0.39 is 0 Å². The van der Waals surface area contributed by atoms with Crippen molar-refractivity contribution in [1.82, 2.24) is 0 Å². The number of nitrogens with zero attached hydrogens (tertiary/aromatic N) is 2. The molecule has 0 aliphatic carbocycles. The molecule has 2 nitrogen and oxygen atoms in total. The first-order valence-electron chi connectivity index (χ1n) is 23.9. The number of hydrogen-bond donors (Lipinski definition) is 0. The highest BCUT2D eigenvalue weighted by Crippen LogP contribution is 2.25. The Morgan fingerprint density at radius 1 is 0.400 bits per heavy atom. The van der Waals surface area contributed by atoms with Crippen LogP contribution in [0.4, 0.5) is 11.4 Å². The molecule has 0 spiro atoms. The first-order chi connectivity index (χ1) is 27.1. The quantitative estimate of drug-likeness (QED) is 0.0394. The molecule has 2 aromatic carbocycles. The fourth-order valence-electron chi connectivity index (χ4n) is 7.71. The molecule has 0 unspecified atom stereocenters. The molecular weight excluding hydrogens is 665 g/mol. The van der Waals surface area contributed by atoms with Crippen LogP contribution in [0.15, 0.2) is 46.4 Å². The highest BCUT2D eigenvalue weighted by Gasteiger charge is 2.09. The van der Waals surface area contributed by atoms with Gasteiger partial charge in [-0.15, -0.1) is 0 Å². The van der Waals surface area contributed by atoms with Gasteiger partial charge in [0.1, 0.15) is 5.71 Å². The lowest BCUT2D eigenvalue weighted by atomic mass is 9.96. The number of rotatable bonds is 33. The Balaban J connectivity index is 2.19. The van der Waals surface area contributed by atoms with Crippen molar-refractivity contribution in [2.75, 3.05) is 0 Å². The van der Waals surface area contributed by atoms with Gasteiger partial charge in [0.2, 0.25) is 0 Å². The van der Waals surface area contributed by atoms with Gasteiger partial charge in [-0.3, -0.25) is 4.99 Å². The van der Waals surface area contributed by atoms with Gasteiger partial charge in [-0.25, -0.2) is 4.99 Å². The molecule has 0 aliphatic heterocycles. The van der Waals surface area contributed by atoms with Crippen molar-refractivity contribution in [3.63, 3.8) is 0 Å². The minimum absolute atomic E-state index is 0.822. The molecule has 0 aliphatic rings. The Morgan fingerprint density at radius 3 is 1.16 bits per heavy atom. The van der Waals surface area contributed by atoms with E-state index in [9.17, 15) is 0 Å². The number of benzene rings is 2. The van der Waals surface area contributed by atoms with Gasteiger partial charge in [0, 0.05) is 6.42 Å². The summed E-state index contributed by atoms with van der Waals surface area (Å²) in [5.74, 6) is 7.07. The topological polar surface area (TPSA) is 24.7 Å². The number of aryl methyl sites for hydroxylation is 4. The van der Waals surface area contributed by atoms with Crippen molar-refractivity contribution in [2.24, 2.45) is 9.98 Å². The summed E-state index contributed by atoms with van der Waals surface area (Å²) >= 11 is 0. The van der Waals surface area contributed by atoms with Gasteiger partial charge in [-0.2, -0.15) is 0 Å². The van der Waals surface area contributed by atoms with E-state index in [4.69, 9.17) is 9.98 Å². The fourth-order valence-corrected chi connectivity index (χ4v) is 7.71. The van der Waals surface area contributed by atoms with E-state index in [1.165, 1.54) is 202 Å². The second-order valence-corrected chi connectivity index (χ2v) is 16.5. The smallest absolute Gasteiger partial charge is 0.135 e. The normalized spacial score (nSPS) is 12.0. The average Bonchev–Trinajstić information content (AvgIpc) is 3.19. The van der Waals surface area contributed by atoms with Crippen LogP contribution >= 0.6 is 0 Å². The van der Waals surface area contributed by atoms with Gasteiger partial charge >= 0.3 is 0 Å². The molecule has 55 heavy (non-hydrogen) atoms. The van der Waals surface area contributed by atoms with Crippen LogP contribution < -0.4 is 0 Å². The molecule has 2 heteroatoms. The zero-order valence-electron chi connectivity index (χ0n) is 37.3. The maximum Gasteiger partial charge on any atom is 0.135 e.